The van der Waals surface area contributed by atoms with Crippen LogP contribution in [0.3, 0.4) is 0 Å². The van der Waals surface area contributed by atoms with Crippen LogP contribution in [0.25, 0.3) is 0 Å². The Morgan fingerprint density at radius 1 is 1.56 bits per heavy atom. The van der Waals surface area contributed by atoms with Gasteiger partial charge in [-0.3, -0.25) is 4.79 Å². The van der Waals surface area contributed by atoms with E-state index >= 15 is 0 Å². The van der Waals surface area contributed by atoms with Crippen LogP contribution in [0.2, 0.25) is 0 Å². The molecule has 0 fully saturated rings. The molecule has 2 aromatic heterocycles. The highest BCUT2D eigenvalue weighted by Gasteiger charge is 2.16. The molecule has 1 amide bonds. The molecule has 1 aliphatic rings. The van der Waals surface area contributed by atoms with Gasteiger partial charge in [0.1, 0.15) is 0 Å². The SMILES string of the molecule is O=C(Cc1cccs1)Nc1nc2c(s1)CNCC2. The smallest absolute Gasteiger partial charge is 0.231 e. The summed E-state index contributed by atoms with van der Waals surface area (Å²) in [5.74, 6) is 0.0107. The first-order valence-corrected chi connectivity index (χ1v) is 7.52. The van der Waals surface area contributed by atoms with Crippen LogP contribution in [-0.2, 0) is 24.2 Å². The third-order valence-electron chi connectivity index (χ3n) is 2.76. The third-order valence-corrected chi connectivity index (χ3v) is 4.65. The second kappa shape index (κ2) is 5.17. The molecule has 18 heavy (non-hydrogen) atoms. The molecule has 2 N–H and O–H groups in total. The van der Waals surface area contributed by atoms with Crippen molar-refractivity contribution < 1.29 is 4.79 Å². The molecule has 1 aliphatic heterocycles. The lowest BCUT2D eigenvalue weighted by Gasteiger charge is -2.09. The average molecular weight is 279 g/mol. The van der Waals surface area contributed by atoms with E-state index in [0.29, 0.717) is 6.42 Å². The summed E-state index contributed by atoms with van der Waals surface area (Å²) in [7, 11) is 0. The largest absolute Gasteiger partial charge is 0.311 e. The molecule has 0 aliphatic carbocycles. The van der Waals surface area contributed by atoms with Crippen molar-refractivity contribution in [2.75, 3.05) is 11.9 Å². The van der Waals surface area contributed by atoms with Crippen LogP contribution in [0, 0.1) is 0 Å². The van der Waals surface area contributed by atoms with Gasteiger partial charge in [-0.2, -0.15) is 0 Å². The number of thiazole rings is 1. The number of nitrogens with zero attached hydrogens (tertiary/aromatic N) is 1. The van der Waals surface area contributed by atoms with Crippen molar-refractivity contribution in [1.29, 1.82) is 0 Å². The Labute approximate surface area is 113 Å². The van der Waals surface area contributed by atoms with E-state index in [4.69, 9.17) is 0 Å². The van der Waals surface area contributed by atoms with Gasteiger partial charge in [0, 0.05) is 29.3 Å². The number of amides is 1. The molecular weight excluding hydrogens is 266 g/mol. The monoisotopic (exact) mass is 279 g/mol. The van der Waals surface area contributed by atoms with Crippen LogP contribution in [-0.4, -0.2) is 17.4 Å². The lowest BCUT2D eigenvalue weighted by atomic mass is 10.2. The Balaban J connectivity index is 1.65. The predicted octanol–water partition coefficient (Wildman–Crippen LogP) is 2.03. The first kappa shape index (κ1) is 11.8. The van der Waals surface area contributed by atoms with Crippen molar-refractivity contribution in [2.24, 2.45) is 0 Å². The van der Waals surface area contributed by atoms with Crippen LogP contribution in [0.5, 0.6) is 0 Å². The zero-order valence-electron chi connectivity index (χ0n) is 9.73. The van der Waals surface area contributed by atoms with Crippen LogP contribution in [0.1, 0.15) is 15.4 Å². The maximum atomic E-state index is 11.8. The minimum absolute atomic E-state index is 0.0107. The highest BCUT2D eigenvalue weighted by atomic mass is 32.1. The van der Waals surface area contributed by atoms with E-state index in [9.17, 15) is 4.79 Å². The molecule has 2 aromatic rings. The van der Waals surface area contributed by atoms with Crippen molar-refractivity contribution in [3.8, 4) is 0 Å². The van der Waals surface area contributed by atoms with Gasteiger partial charge in [0.25, 0.3) is 0 Å². The molecule has 0 bridgehead atoms. The maximum Gasteiger partial charge on any atom is 0.231 e. The highest BCUT2D eigenvalue weighted by Crippen LogP contribution is 2.25. The predicted molar refractivity (Wildman–Crippen MR) is 74.2 cm³/mol. The number of carbonyl (C=O) groups is 1. The van der Waals surface area contributed by atoms with Crippen LogP contribution < -0.4 is 10.6 Å². The average Bonchev–Trinajstić information content (AvgIpc) is 2.96. The zero-order chi connectivity index (χ0) is 12.4. The fourth-order valence-corrected chi connectivity index (χ4v) is 3.61. The number of nitrogens with one attached hydrogen (secondary N) is 2. The van der Waals surface area contributed by atoms with Gasteiger partial charge in [-0.15, -0.1) is 22.7 Å². The van der Waals surface area contributed by atoms with E-state index in [1.165, 1.54) is 4.88 Å². The topological polar surface area (TPSA) is 54.0 Å². The molecule has 6 heteroatoms. The molecular formula is C12H13N3OS2. The number of aromatic nitrogens is 1. The number of rotatable bonds is 3. The normalized spacial score (nSPS) is 14.2. The second-order valence-corrected chi connectivity index (χ2v) is 6.24. The lowest BCUT2D eigenvalue weighted by molar-refractivity contribution is -0.115. The Morgan fingerprint density at radius 2 is 2.50 bits per heavy atom. The molecule has 0 aromatic carbocycles. The number of fused-ring (bicyclic) bond motifs is 1. The molecule has 0 atom stereocenters. The number of thiophene rings is 1. The molecule has 0 radical (unpaired) electrons. The Hall–Kier alpha value is -1.24. The van der Waals surface area contributed by atoms with Crippen LogP contribution in [0.15, 0.2) is 17.5 Å². The standard InChI is InChI=1S/C12H13N3OS2/c16-11(6-8-2-1-5-17-8)15-12-14-9-3-4-13-7-10(9)18-12/h1-2,5,13H,3-4,6-7H2,(H,14,15,16). The van der Waals surface area contributed by atoms with E-state index in [-0.39, 0.29) is 5.91 Å². The Bertz CT molecular complexity index is 524. The summed E-state index contributed by atoms with van der Waals surface area (Å²) in [6.45, 7) is 1.84. The van der Waals surface area contributed by atoms with Gasteiger partial charge in [0.2, 0.25) is 5.91 Å². The molecule has 0 saturated heterocycles. The zero-order valence-corrected chi connectivity index (χ0v) is 11.4. The number of anilines is 1. The van der Waals surface area contributed by atoms with Gasteiger partial charge in [-0.1, -0.05) is 6.07 Å². The molecule has 3 rings (SSSR count). The summed E-state index contributed by atoms with van der Waals surface area (Å²) in [4.78, 5) is 18.6. The first-order chi connectivity index (χ1) is 8.81. The summed E-state index contributed by atoms with van der Waals surface area (Å²) in [5, 5.41) is 8.90. The number of hydrogen-bond donors (Lipinski definition) is 2. The van der Waals surface area contributed by atoms with Crippen molar-refractivity contribution in [1.82, 2.24) is 10.3 Å². The van der Waals surface area contributed by atoms with E-state index in [1.54, 1.807) is 22.7 Å². The summed E-state index contributed by atoms with van der Waals surface area (Å²) >= 11 is 3.18. The lowest BCUT2D eigenvalue weighted by Crippen LogP contribution is -2.22. The van der Waals surface area contributed by atoms with Gasteiger partial charge < -0.3 is 10.6 Å². The van der Waals surface area contributed by atoms with Crippen molar-refractivity contribution in [2.45, 2.75) is 19.4 Å². The molecule has 3 heterocycles. The summed E-state index contributed by atoms with van der Waals surface area (Å²) < 4.78 is 0. The van der Waals surface area contributed by atoms with Gasteiger partial charge >= 0.3 is 0 Å². The van der Waals surface area contributed by atoms with E-state index in [0.717, 1.165) is 35.2 Å². The van der Waals surface area contributed by atoms with Crippen LogP contribution in [0.4, 0.5) is 5.13 Å². The Morgan fingerprint density at radius 3 is 3.28 bits per heavy atom. The molecule has 4 nitrogen and oxygen atoms in total. The summed E-state index contributed by atoms with van der Waals surface area (Å²) in [6, 6.07) is 3.93. The Kier molecular flexibility index (Phi) is 3.40. The van der Waals surface area contributed by atoms with E-state index < -0.39 is 0 Å². The molecule has 0 spiro atoms. The highest BCUT2D eigenvalue weighted by molar-refractivity contribution is 7.15. The fourth-order valence-electron chi connectivity index (χ4n) is 1.91. The van der Waals surface area contributed by atoms with Gasteiger partial charge in [-0.05, 0) is 11.4 Å². The van der Waals surface area contributed by atoms with E-state index in [2.05, 4.69) is 15.6 Å². The second-order valence-electron chi connectivity index (χ2n) is 4.12. The molecule has 94 valence electrons. The van der Waals surface area contributed by atoms with Gasteiger partial charge in [-0.25, -0.2) is 4.98 Å². The summed E-state index contributed by atoms with van der Waals surface area (Å²) in [6.07, 6.45) is 1.38. The first-order valence-electron chi connectivity index (χ1n) is 5.83. The third kappa shape index (κ3) is 2.60. The van der Waals surface area contributed by atoms with Crippen molar-refractivity contribution in [3.63, 3.8) is 0 Å². The number of carbonyl (C=O) groups excluding carboxylic acids is 1. The van der Waals surface area contributed by atoms with Crippen LogP contribution >= 0.6 is 22.7 Å². The minimum Gasteiger partial charge on any atom is -0.311 e. The molecule has 0 saturated carbocycles. The van der Waals surface area contributed by atoms with Crippen molar-refractivity contribution in [3.05, 3.63) is 33.0 Å². The fraction of sp³-hybridized carbons (Fsp3) is 0.333. The van der Waals surface area contributed by atoms with Gasteiger partial charge in [0.15, 0.2) is 5.13 Å². The van der Waals surface area contributed by atoms with E-state index in [1.807, 2.05) is 17.5 Å². The summed E-state index contributed by atoms with van der Waals surface area (Å²) in [5.41, 5.74) is 1.13. The van der Waals surface area contributed by atoms with Crippen molar-refractivity contribution >= 4 is 33.7 Å². The molecule has 0 unspecified atom stereocenters. The quantitative estimate of drug-likeness (QED) is 0.904. The number of hydrogen-bond acceptors (Lipinski definition) is 5. The minimum atomic E-state index is 0.0107. The maximum absolute atomic E-state index is 11.8. The van der Waals surface area contributed by atoms with Gasteiger partial charge in [0.05, 0.1) is 12.1 Å².